The van der Waals surface area contributed by atoms with Gasteiger partial charge in [-0.15, -0.1) is 10.2 Å². The molecule has 2 heterocycles. The van der Waals surface area contributed by atoms with E-state index in [1.807, 2.05) is 18.5 Å². The van der Waals surface area contributed by atoms with E-state index >= 15 is 0 Å². The first-order chi connectivity index (χ1) is 9.09. The Kier molecular flexibility index (Phi) is 4.19. The second kappa shape index (κ2) is 5.69. The first kappa shape index (κ1) is 14.0. The first-order valence-corrected chi connectivity index (χ1v) is 6.99. The van der Waals surface area contributed by atoms with Crippen molar-refractivity contribution >= 4 is 5.91 Å². The van der Waals surface area contributed by atoms with Crippen LogP contribution in [0.2, 0.25) is 0 Å². The van der Waals surface area contributed by atoms with E-state index in [1.54, 1.807) is 6.33 Å². The minimum Gasteiger partial charge on any atom is -0.345 e. The van der Waals surface area contributed by atoms with Crippen LogP contribution in [-0.2, 0) is 11.8 Å². The van der Waals surface area contributed by atoms with Crippen LogP contribution in [0, 0.1) is 0 Å². The Bertz CT molecular complexity index is 436. The highest BCUT2D eigenvalue weighted by Gasteiger charge is 2.40. The van der Waals surface area contributed by atoms with E-state index in [9.17, 15) is 4.79 Å². The number of carbonyl (C=O) groups excluding carboxylic acids is 1. The second-order valence-corrected chi connectivity index (χ2v) is 5.36. The Hall–Kier alpha value is -1.43. The molecule has 1 aromatic rings. The lowest BCUT2D eigenvalue weighted by Crippen LogP contribution is -2.54. The van der Waals surface area contributed by atoms with Crippen LogP contribution in [0.15, 0.2) is 6.33 Å². The summed E-state index contributed by atoms with van der Waals surface area (Å²) < 4.78 is 1.83. The number of aryl methyl sites for hydroxylation is 1. The molecule has 0 spiro atoms. The second-order valence-electron chi connectivity index (χ2n) is 5.36. The zero-order valence-corrected chi connectivity index (χ0v) is 11.9. The van der Waals surface area contributed by atoms with Crippen molar-refractivity contribution in [3.05, 3.63) is 12.2 Å². The molecule has 19 heavy (non-hydrogen) atoms. The highest BCUT2D eigenvalue weighted by molar-refractivity contribution is 5.87. The molecule has 2 rings (SSSR count). The van der Waals surface area contributed by atoms with E-state index in [4.69, 9.17) is 0 Å². The van der Waals surface area contributed by atoms with Crippen molar-refractivity contribution in [2.75, 3.05) is 6.54 Å². The molecular weight excluding hydrogens is 242 g/mol. The fourth-order valence-corrected chi connectivity index (χ4v) is 2.84. The predicted molar refractivity (Wildman–Crippen MR) is 72.4 cm³/mol. The van der Waals surface area contributed by atoms with E-state index in [2.05, 4.69) is 27.8 Å². The van der Waals surface area contributed by atoms with Crippen LogP contribution in [0.5, 0.6) is 0 Å². The maximum atomic E-state index is 12.5. The van der Waals surface area contributed by atoms with Gasteiger partial charge in [0.05, 0.1) is 11.6 Å². The summed E-state index contributed by atoms with van der Waals surface area (Å²) in [6.45, 7) is 4.98. The topological polar surface area (TPSA) is 71.8 Å². The van der Waals surface area contributed by atoms with E-state index in [-0.39, 0.29) is 17.5 Å². The fourth-order valence-electron chi connectivity index (χ4n) is 2.84. The van der Waals surface area contributed by atoms with Crippen LogP contribution in [0.1, 0.15) is 51.4 Å². The van der Waals surface area contributed by atoms with Gasteiger partial charge in [-0.2, -0.15) is 0 Å². The molecule has 0 saturated carbocycles. The summed E-state index contributed by atoms with van der Waals surface area (Å²) in [5.74, 6) is 0.861. The Morgan fingerprint density at radius 1 is 1.68 bits per heavy atom. The van der Waals surface area contributed by atoms with Gasteiger partial charge in [-0.1, -0.05) is 13.3 Å². The Morgan fingerprint density at radius 3 is 3.00 bits per heavy atom. The lowest BCUT2D eigenvalue weighted by Gasteiger charge is -2.29. The van der Waals surface area contributed by atoms with Gasteiger partial charge in [0.1, 0.15) is 6.33 Å². The monoisotopic (exact) mass is 265 g/mol. The van der Waals surface area contributed by atoms with Crippen molar-refractivity contribution in [2.24, 2.45) is 7.05 Å². The number of carbonyl (C=O) groups is 1. The highest BCUT2D eigenvalue weighted by atomic mass is 16.2. The molecule has 2 atom stereocenters. The van der Waals surface area contributed by atoms with Crippen LogP contribution in [0.4, 0.5) is 0 Å². The average molecular weight is 265 g/mol. The third kappa shape index (κ3) is 2.78. The molecule has 0 radical (unpaired) electrons. The minimum absolute atomic E-state index is 0.0855. The van der Waals surface area contributed by atoms with Gasteiger partial charge in [-0.05, 0) is 32.7 Å². The molecule has 1 aliphatic heterocycles. The Morgan fingerprint density at radius 2 is 2.47 bits per heavy atom. The maximum Gasteiger partial charge on any atom is 0.240 e. The third-order valence-electron chi connectivity index (χ3n) is 3.84. The molecule has 6 heteroatoms. The third-order valence-corrected chi connectivity index (χ3v) is 3.84. The van der Waals surface area contributed by atoms with E-state index < -0.39 is 0 Å². The van der Waals surface area contributed by atoms with Crippen molar-refractivity contribution in [3.63, 3.8) is 0 Å². The van der Waals surface area contributed by atoms with Crippen molar-refractivity contribution in [2.45, 2.75) is 51.1 Å². The summed E-state index contributed by atoms with van der Waals surface area (Å²) in [6.07, 6.45) is 5.50. The van der Waals surface area contributed by atoms with Gasteiger partial charge >= 0.3 is 0 Å². The number of hydrogen-bond donors (Lipinski definition) is 2. The lowest BCUT2D eigenvalue weighted by atomic mass is 9.90. The molecule has 0 bridgehead atoms. The van der Waals surface area contributed by atoms with Gasteiger partial charge in [-0.3, -0.25) is 4.79 Å². The zero-order valence-electron chi connectivity index (χ0n) is 11.9. The molecule has 2 unspecified atom stereocenters. The largest absolute Gasteiger partial charge is 0.345 e. The maximum absolute atomic E-state index is 12.5. The summed E-state index contributed by atoms with van der Waals surface area (Å²) in [6, 6.07) is -0.129. The summed E-state index contributed by atoms with van der Waals surface area (Å²) in [5, 5.41) is 14.3. The highest BCUT2D eigenvalue weighted by Crippen LogP contribution is 2.25. The fraction of sp³-hybridized carbons (Fsp3) is 0.769. The van der Waals surface area contributed by atoms with Gasteiger partial charge in [-0.25, -0.2) is 0 Å². The molecule has 0 aromatic carbocycles. The number of amides is 1. The Balaban J connectivity index is 2.05. The first-order valence-electron chi connectivity index (χ1n) is 6.99. The molecule has 0 aliphatic carbocycles. The summed E-state index contributed by atoms with van der Waals surface area (Å²) >= 11 is 0. The molecule has 1 amide bonds. The van der Waals surface area contributed by atoms with E-state index in [0.29, 0.717) is 0 Å². The normalized spacial score (nSPS) is 24.4. The molecule has 6 nitrogen and oxygen atoms in total. The van der Waals surface area contributed by atoms with Gasteiger partial charge in [0, 0.05) is 7.05 Å². The summed E-state index contributed by atoms with van der Waals surface area (Å²) in [4.78, 5) is 12.5. The van der Waals surface area contributed by atoms with Gasteiger partial charge in [0.25, 0.3) is 0 Å². The molecular formula is C13H23N5O. The average Bonchev–Trinajstić information content (AvgIpc) is 2.99. The molecule has 106 valence electrons. The van der Waals surface area contributed by atoms with E-state index in [0.717, 1.165) is 38.1 Å². The van der Waals surface area contributed by atoms with Crippen LogP contribution in [-0.4, -0.2) is 32.8 Å². The predicted octanol–water partition coefficient (Wildman–Crippen LogP) is 0.915. The van der Waals surface area contributed by atoms with Gasteiger partial charge in [0.15, 0.2) is 5.82 Å². The molecule has 1 saturated heterocycles. The summed E-state index contributed by atoms with van der Waals surface area (Å²) in [7, 11) is 1.88. The van der Waals surface area contributed by atoms with Crippen LogP contribution < -0.4 is 10.6 Å². The quantitative estimate of drug-likeness (QED) is 0.830. The number of rotatable bonds is 5. The van der Waals surface area contributed by atoms with Gasteiger partial charge < -0.3 is 15.2 Å². The molecule has 1 aromatic heterocycles. The SMILES string of the molecule is CCCC1(C(=O)NC(C)c2nncn2C)CCCN1. The van der Waals surface area contributed by atoms with Crippen molar-refractivity contribution in [1.82, 2.24) is 25.4 Å². The lowest BCUT2D eigenvalue weighted by molar-refractivity contribution is -0.128. The number of nitrogens with zero attached hydrogens (tertiary/aromatic N) is 3. The molecule has 1 fully saturated rings. The van der Waals surface area contributed by atoms with Crippen LogP contribution >= 0.6 is 0 Å². The molecule has 1 aliphatic rings. The van der Waals surface area contributed by atoms with Crippen molar-refractivity contribution in [3.8, 4) is 0 Å². The van der Waals surface area contributed by atoms with Gasteiger partial charge in [0.2, 0.25) is 5.91 Å². The number of hydrogen-bond acceptors (Lipinski definition) is 4. The number of nitrogens with one attached hydrogen (secondary N) is 2. The minimum atomic E-state index is -0.387. The number of aromatic nitrogens is 3. The Labute approximate surface area is 114 Å². The van der Waals surface area contributed by atoms with Crippen LogP contribution in [0.3, 0.4) is 0 Å². The summed E-state index contributed by atoms with van der Waals surface area (Å²) in [5.41, 5.74) is -0.387. The smallest absolute Gasteiger partial charge is 0.240 e. The van der Waals surface area contributed by atoms with Crippen LogP contribution in [0.25, 0.3) is 0 Å². The molecule has 2 N–H and O–H groups in total. The zero-order chi connectivity index (χ0) is 13.9. The van der Waals surface area contributed by atoms with Crippen molar-refractivity contribution < 1.29 is 4.79 Å². The standard InChI is InChI=1S/C13H23N5O/c1-4-6-13(7-5-8-14-13)12(19)16-10(2)11-17-15-9-18(11)3/h9-10,14H,4-8H2,1-3H3,(H,16,19). The van der Waals surface area contributed by atoms with E-state index in [1.165, 1.54) is 0 Å². The van der Waals surface area contributed by atoms with Crippen molar-refractivity contribution in [1.29, 1.82) is 0 Å².